The van der Waals surface area contributed by atoms with Gasteiger partial charge in [-0.05, 0) is 62.4 Å². The Morgan fingerprint density at radius 3 is 2.46 bits per heavy atom. The largest absolute Gasteiger partial charge is 0.462 e. The molecule has 8 nitrogen and oxygen atoms in total. The Balaban J connectivity index is 1.57. The van der Waals surface area contributed by atoms with E-state index in [0.29, 0.717) is 29.2 Å². The Morgan fingerprint density at radius 1 is 1.11 bits per heavy atom. The van der Waals surface area contributed by atoms with Gasteiger partial charge in [-0.15, -0.1) is 11.3 Å². The van der Waals surface area contributed by atoms with Crippen molar-refractivity contribution in [3.8, 4) is 0 Å². The average Bonchev–Trinajstić information content (AvgIpc) is 3.21. The summed E-state index contributed by atoms with van der Waals surface area (Å²) in [5.74, 6) is -0.877. The number of benzene rings is 2. The third-order valence-corrected chi connectivity index (χ3v) is 8.78. The molecule has 0 atom stereocenters. The van der Waals surface area contributed by atoms with Crippen LogP contribution in [-0.4, -0.2) is 52.4 Å². The summed E-state index contributed by atoms with van der Waals surface area (Å²) in [7, 11) is -0.293. The normalized spacial score (nSPS) is 13.7. The van der Waals surface area contributed by atoms with Gasteiger partial charge in [-0.25, -0.2) is 13.2 Å². The minimum atomic E-state index is -3.79. The van der Waals surface area contributed by atoms with Gasteiger partial charge in [-0.2, -0.15) is 0 Å². The molecule has 2 aromatic carbocycles. The molecule has 10 heteroatoms. The summed E-state index contributed by atoms with van der Waals surface area (Å²) >= 11 is 1.37. The van der Waals surface area contributed by atoms with Crippen LogP contribution in [0.4, 0.5) is 10.7 Å². The van der Waals surface area contributed by atoms with Crippen LogP contribution in [-0.2, 0) is 27.7 Å². The fourth-order valence-corrected chi connectivity index (χ4v) is 6.43. The van der Waals surface area contributed by atoms with E-state index in [0.717, 1.165) is 17.0 Å². The van der Waals surface area contributed by atoms with E-state index in [1.165, 1.54) is 47.0 Å². The van der Waals surface area contributed by atoms with Gasteiger partial charge in [0.1, 0.15) is 5.00 Å². The van der Waals surface area contributed by atoms with Crippen molar-refractivity contribution in [2.75, 3.05) is 36.9 Å². The number of likely N-dealkylation sites (N-methyl/N-ethyl adjacent to an activating group) is 1. The predicted molar refractivity (Wildman–Crippen MR) is 137 cm³/mol. The smallest absolute Gasteiger partial charge is 0.341 e. The molecule has 0 spiro atoms. The quantitative estimate of drug-likeness (QED) is 0.480. The highest BCUT2D eigenvalue weighted by Crippen LogP contribution is 2.37. The molecule has 4 rings (SSSR count). The van der Waals surface area contributed by atoms with Gasteiger partial charge < -0.3 is 15.0 Å². The molecule has 1 amide bonds. The molecule has 1 aliphatic rings. The summed E-state index contributed by atoms with van der Waals surface area (Å²) in [5.41, 5.74) is 2.15. The van der Waals surface area contributed by atoms with Gasteiger partial charge in [0, 0.05) is 30.6 Å². The van der Waals surface area contributed by atoms with Gasteiger partial charge in [-0.3, -0.25) is 9.10 Å². The van der Waals surface area contributed by atoms with Crippen LogP contribution in [0.15, 0.2) is 59.5 Å². The number of anilines is 2. The number of nitrogens with one attached hydrogen (secondary N) is 1. The van der Waals surface area contributed by atoms with Crippen molar-refractivity contribution < 1.29 is 22.7 Å². The molecule has 1 aliphatic heterocycles. The molecule has 184 valence electrons. The molecule has 3 aromatic rings. The summed E-state index contributed by atoms with van der Waals surface area (Å²) in [5, 5.41) is 3.30. The molecule has 0 unspecified atom stereocenters. The van der Waals surface area contributed by atoms with Gasteiger partial charge in [-0.1, -0.05) is 18.2 Å². The molecule has 0 saturated carbocycles. The number of carbonyl (C=O) groups is 2. The zero-order valence-corrected chi connectivity index (χ0v) is 21.4. The maximum absolute atomic E-state index is 13.0. The van der Waals surface area contributed by atoms with E-state index in [-0.39, 0.29) is 17.1 Å². The standard InChI is InChI=1S/C25H27N3O5S2/c1-4-33-25(30)22-20-14-15-27(2)16-21(20)34-24(22)26-23(29)17-10-12-19(13-11-17)35(31,32)28(3)18-8-6-5-7-9-18/h5-13H,4,14-16H2,1-3H3,(H,26,29). The minimum Gasteiger partial charge on any atom is -0.462 e. The fraction of sp³-hybridized carbons (Fsp3) is 0.280. The van der Waals surface area contributed by atoms with Crippen LogP contribution in [0, 0.1) is 0 Å². The Labute approximate surface area is 209 Å². The second kappa shape index (κ2) is 10.2. The highest BCUT2D eigenvalue weighted by molar-refractivity contribution is 7.92. The first-order valence-electron chi connectivity index (χ1n) is 11.2. The van der Waals surface area contributed by atoms with Gasteiger partial charge in [0.2, 0.25) is 0 Å². The summed E-state index contributed by atoms with van der Waals surface area (Å²) in [6.45, 7) is 3.50. The van der Waals surface area contributed by atoms with Crippen LogP contribution in [0.25, 0.3) is 0 Å². The first kappa shape index (κ1) is 24.9. The highest BCUT2D eigenvalue weighted by atomic mass is 32.2. The summed E-state index contributed by atoms with van der Waals surface area (Å²) in [6, 6.07) is 14.5. The molecule has 0 fully saturated rings. The van der Waals surface area contributed by atoms with E-state index in [2.05, 4.69) is 10.2 Å². The third kappa shape index (κ3) is 5.09. The van der Waals surface area contributed by atoms with Gasteiger partial charge in [0.25, 0.3) is 15.9 Å². The SMILES string of the molecule is CCOC(=O)c1c(NC(=O)c2ccc(S(=O)(=O)N(C)c3ccccc3)cc2)sc2c1CCN(C)C2. The van der Waals surface area contributed by atoms with Crippen LogP contribution < -0.4 is 9.62 Å². The van der Waals surface area contributed by atoms with Gasteiger partial charge >= 0.3 is 5.97 Å². The Kier molecular flexibility index (Phi) is 7.25. The van der Waals surface area contributed by atoms with E-state index >= 15 is 0 Å². The predicted octanol–water partition coefficient (Wildman–Crippen LogP) is 3.99. The maximum atomic E-state index is 13.0. The van der Waals surface area contributed by atoms with Gasteiger partial charge in [0.15, 0.2) is 0 Å². The maximum Gasteiger partial charge on any atom is 0.341 e. The average molecular weight is 514 g/mol. The number of sulfonamides is 1. The van der Waals surface area contributed by atoms with E-state index in [9.17, 15) is 18.0 Å². The fourth-order valence-electron chi connectivity index (χ4n) is 3.93. The van der Waals surface area contributed by atoms with Crippen molar-refractivity contribution in [2.24, 2.45) is 0 Å². The number of fused-ring (bicyclic) bond motifs is 1. The lowest BCUT2D eigenvalue weighted by Gasteiger charge is -2.22. The van der Waals surface area contributed by atoms with E-state index in [1.54, 1.807) is 31.2 Å². The number of thiophene rings is 1. The van der Waals surface area contributed by atoms with Crippen molar-refractivity contribution in [3.05, 3.63) is 76.2 Å². The lowest BCUT2D eigenvalue weighted by atomic mass is 10.0. The topological polar surface area (TPSA) is 96.0 Å². The van der Waals surface area contributed by atoms with Crippen LogP contribution in [0.1, 0.15) is 38.1 Å². The van der Waals surface area contributed by atoms with Crippen molar-refractivity contribution in [2.45, 2.75) is 24.8 Å². The second-order valence-electron chi connectivity index (χ2n) is 8.20. The molecular formula is C25H27N3O5S2. The van der Waals surface area contributed by atoms with Crippen LogP contribution >= 0.6 is 11.3 Å². The molecule has 0 saturated heterocycles. The second-order valence-corrected chi connectivity index (χ2v) is 11.3. The highest BCUT2D eigenvalue weighted by Gasteiger charge is 2.29. The molecule has 0 radical (unpaired) electrons. The molecular weight excluding hydrogens is 486 g/mol. The number of para-hydroxylation sites is 1. The summed E-state index contributed by atoms with van der Waals surface area (Å²) < 4.78 is 32.4. The van der Waals surface area contributed by atoms with E-state index in [4.69, 9.17) is 4.74 Å². The summed E-state index contributed by atoms with van der Waals surface area (Å²) in [6.07, 6.45) is 0.702. The first-order chi connectivity index (χ1) is 16.7. The zero-order chi connectivity index (χ0) is 25.2. The molecule has 2 heterocycles. The van der Waals surface area contributed by atoms with Crippen LogP contribution in [0.3, 0.4) is 0 Å². The number of ether oxygens (including phenoxy) is 1. The third-order valence-electron chi connectivity index (χ3n) is 5.85. The summed E-state index contributed by atoms with van der Waals surface area (Å²) in [4.78, 5) is 29.0. The zero-order valence-electron chi connectivity index (χ0n) is 19.8. The number of hydrogen-bond donors (Lipinski definition) is 1. The first-order valence-corrected chi connectivity index (χ1v) is 13.4. The molecule has 0 bridgehead atoms. The van der Waals surface area contributed by atoms with Crippen molar-refractivity contribution >= 4 is 43.9 Å². The van der Waals surface area contributed by atoms with Crippen LogP contribution in [0.2, 0.25) is 0 Å². The molecule has 35 heavy (non-hydrogen) atoms. The monoisotopic (exact) mass is 513 g/mol. The number of rotatable bonds is 7. The molecule has 1 N–H and O–H groups in total. The molecule has 0 aliphatic carbocycles. The van der Waals surface area contributed by atoms with Crippen molar-refractivity contribution in [1.29, 1.82) is 0 Å². The Morgan fingerprint density at radius 2 is 1.80 bits per heavy atom. The number of amides is 1. The number of esters is 1. The number of hydrogen-bond acceptors (Lipinski definition) is 7. The number of nitrogens with zero attached hydrogens (tertiary/aromatic N) is 2. The van der Waals surface area contributed by atoms with E-state index < -0.39 is 21.9 Å². The van der Waals surface area contributed by atoms with Crippen molar-refractivity contribution in [3.63, 3.8) is 0 Å². The van der Waals surface area contributed by atoms with Crippen molar-refractivity contribution in [1.82, 2.24) is 4.90 Å². The number of carbonyl (C=O) groups excluding carboxylic acids is 2. The van der Waals surface area contributed by atoms with E-state index in [1.807, 2.05) is 13.1 Å². The lowest BCUT2D eigenvalue weighted by molar-refractivity contribution is 0.0526. The minimum absolute atomic E-state index is 0.0715. The lowest BCUT2D eigenvalue weighted by Crippen LogP contribution is -2.26. The van der Waals surface area contributed by atoms with Crippen LogP contribution in [0.5, 0.6) is 0 Å². The van der Waals surface area contributed by atoms with Gasteiger partial charge in [0.05, 0.1) is 22.8 Å². The Bertz CT molecular complexity index is 1340. The Hall–Kier alpha value is -3.21. The molecule has 1 aromatic heterocycles.